The first-order valence-corrected chi connectivity index (χ1v) is 7.30. The molecule has 0 radical (unpaired) electrons. The summed E-state index contributed by atoms with van der Waals surface area (Å²) in [5.41, 5.74) is 8.98. The van der Waals surface area contributed by atoms with Crippen molar-refractivity contribution in [3.05, 3.63) is 22.8 Å². The van der Waals surface area contributed by atoms with Gasteiger partial charge in [-0.25, -0.2) is 9.97 Å². The van der Waals surface area contributed by atoms with Crippen molar-refractivity contribution in [2.24, 2.45) is 11.7 Å². The van der Waals surface area contributed by atoms with E-state index in [4.69, 9.17) is 5.73 Å². The summed E-state index contributed by atoms with van der Waals surface area (Å²) in [6, 6.07) is 0. The number of nitrogens with zero attached hydrogens (tertiary/aromatic N) is 2. The van der Waals surface area contributed by atoms with Crippen molar-refractivity contribution in [2.45, 2.75) is 39.9 Å². The van der Waals surface area contributed by atoms with E-state index in [1.807, 2.05) is 11.8 Å². The van der Waals surface area contributed by atoms with Crippen LogP contribution in [-0.2, 0) is 12.2 Å². The average Bonchev–Trinajstić information content (AvgIpc) is 2.23. The molecule has 0 aliphatic carbocycles. The summed E-state index contributed by atoms with van der Waals surface area (Å²) in [5.74, 6) is 3.74. The zero-order chi connectivity index (χ0) is 12.8. The van der Waals surface area contributed by atoms with Crippen LogP contribution in [0.15, 0.2) is 0 Å². The van der Waals surface area contributed by atoms with Gasteiger partial charge in [0.15, 0.2) is 0 Å². The van der Waals surface area contributed by atoms with Crippen molar-refractivity contribution in [1.82, 2.24) is 9.97 Å². The van der Waals surface area contributed by atoms with Gasteiger partial charge in [-0.3, -0.25) is 0 Å². The van der Waals surface area contributed by atoms with Crippen molar-refractivity contribution in [2.75, 3.05) is 12.3 Å². The third-order valence-corrected chi connectivity index (χ3v) is 3.91. The Morgan fingerprint density at radius 3 is 2.24 bits per heavy atom. The standard InChI is InChI=1S/C13H23N3S/c1-9(2)7-17-8-13-15-10(3)12(5-6-14)11(4)16-13/h9H,5-8,14H2,1-4H3. The van der Waals surface area contributed by atoms with Crippen molar-refractivity contribution in [3.63, 3.8) is 0 Å². The molecule has 17 heavy (non-hydrogen) atoms. The molecule has 0 saturated heterocycles. The smallest absolute Gasteiger partial charge is 0.138 e. The fourth-order valence-corrected chi connectivity index (χ4v) is 2.67. The van der Waals surface area contributed by atoms with Crippen LogP contribution in [-0.4, -0.2) is 22.3 Å². The minimum Gasteiger partial charge on any atom is -0.330 e. The predicted octanol–water partition coefficient (Wildman–Crippen LogP) is 2.48. The quantitative estimate of drug-likeness (QED) is 0.846. The average molecular weight is 253 g/mol. The molecule has 0 aliphatic rings. The minimum atomic E-state index is 0.659. The van der Waals surface area contributed by atoms with E-state index in [0.717, 1.165) is 41.1 Å². The van der Waals surface area contributed by atoms with Gasteiger partial charge in [0.2, 0.25) is 0 Å². The van der Waals surface area contributed by atoms with Gasteiger partial charge in [-0.15, -0.1) is 0 Å². The molecule has 0 spiro atoms. The van der Waals surface area contributed by atoms with E-state index in [0.29, 0.717) is 6.54 Å². The fraction of sp³-hybridized carbons (Fsp3) is 0.692. The van der Waals surface area contributed by atoms with E-state index in [1.165, 1.54) is 5.56 Å². The number of nitrogens with two attached hydrogens (primary N) is 1. The van der Waals surface area contributed by atoms with Crippen LogP contribution in [0.4, 0.5) is 0 Å². The summed E-state index contributed by atoms with van der Waals surface area (Å²) >= 11 is 1.90. The van der Waals surface area contributed by atoms with Gasteiger partial charge in [-0.05, 0) is 44.0 Å². The van der Waals surface area contributed by atoms with Crippen LogP contribution >= 0.6 is 11.8 Å². The lowest BCUT2D eigenvalue weighted by Gasteiger charge is -2.10. The monoisotopic (exact) mass is 253 g/mol. The highest BCUT2D eigenvalue weighted by molar-refractivity contribution is 7.98. The van der Waals surface area contributed by atoms with Crippen LogP contribution in [0, 0.1) is 19.8 Å². The first-order valence-electron chi connectivity index (χ1n) is 6.15. The molecular formula is C13H23N3S. The van der Waals surface area contributed by atoms with Crippen molar-refractivity contribution in [1.29, 1.82) is 0 Å². The van der Waals surface area contributed by atoms with E-state index in [2.05, 4.69) is 37.7 Å². The third kappa shape index (κ3) is 4.64. The minimum absolute atomic E-state index is 0.659. The summed E-state index contributed by atoms with van der Waals surface area (Å²) in [6.45, 7) is 9.22. The molecule has 0 atom stereocenters. The molecule has 0 aliphatic heterocycles. The molecule has 0 aromatic carbocycles. The largest absolute Gasteiger partial charge is 0.330 e. The second-order valence-corrected chi connectivity index (χ2v) is 5.77. The van der Waals surface area contributed by atoms with E-state index in [1.54, 1.807) is 0 Å². The molecule has 1 aromatic rings. The summed E-state index contributed by atoms with van der Waals surface area (Å²) in [5, 5.41) is 0. The van der Waals surface area contributed by atoms with Crippen LogP contribution in [0.2, 0.25) is 0 Å². The number of hydrogen-bond acceptors (Lipinski definition) is 4. The summed E-state index contributed by atoms with van der Waals surface area (Å²) in [7, 11) is 0. The Morgan fingerprint density at radius 2 is 1.76 bits per heavy atom. The second kappa shape index (κ2) is 6.97. The number of aryl methyl sites for hydroxylation is 2. The Hall–Kier alpha value is -0.610. The number of hydrogen-bond donors (Lipinski definition) is 1. The van der Waals surface area contributed by atoms with Crippen molar-refractivity contribution < 1.29 is 0 Å². The molecule has 4 heteroatoms. The van der Waals surface area contributed by atoms with Gasteiger partial charge in [0.25, 0.3) is 0 Å². The van der Waals surface area contributed by atoms with Crippen molar-refractivity contribution in [3.8, 4) is 0 Å². The van der Waals surface area contributed by atoms with E-state index in [9.17, 15) is 0 Å². The lowest BCUT2D eigenvalue weighted by Crippen LogP contribution is -2.10. The molecule has 1 aromatic heterocycles. The van der Waals surface area contributed by atoms with E-state index in [-0.39, 0.29) is 0 Å². The summed E-state index contributed by atoms with van der Waals surface area (Å²) in [4.78, 5) is 9.12. The molecule has 0 bridgehead atoms. The highest BCUT2D eigenvalue weighted by Gasteiger charge is 2.08. The molecule has 96 valence electrons. The van der Waals surface area contributed by atoms with Gasteiger partial charge >= 0.3 is 0 Å². The van der Waals surface area contributed by atoms with E-state index >= 15 is 0 Å². The molecule has 0 unspecified atom stereocenters. The molecular weight excluding hydrogens is 230 g/mol. The Morgan fingerprint density at radius 1 is 1.18 bits per heavy atom. The molecule has 1 heterocycles. The Labute approximate surface area is 109 Å². The molecule has 0 saturated carbocycles. The Kier molecular flexibility index (Phi) is 5.92. The summed E-state index contributed by atoms with van der Waals surface area (Å²) < 4.78 is 0. The molecule has 3 nitrogen and oxygen atoms in total. The Bertz CT molecular complexity index is 341. The molecule has 0 amide bonds. The molecule has 2 N–H and O–H groups in total. The first-order chi connectivity index (χ1) is 8.04. The maximum atomic E-state index is 5.59. The normalized spacial score (nSPS) is 11.2. The second-order valence-electron chi connectivity index (χ2n) is 4.74. The van der Waals surface area contributed by atoms with Gasteiger partial charge in [0.05, 0.1) is 5.75 Å². The zero-order valence-electron chi connectivity index (χ0n) is 11.3. The van der Waals surface area contributed by atoms with Gasteiger partial charge in [-0.2, -0.15) is 11.8 Å². The number of thioether (sulfide) groups is 1. The SMILES string of the molecule is Cc1nc(CSCC(C)C)nc(C)c1CCN. The highest BCUT2D eigenvalue weighted by atomic mass is 32.2. The van der Waals surface area contributed by atoms with Crippen LogP contribution in [0.5, 0.6) is 0 Å². The lowest BCUT2D eigenvalue weighted by atomic mass is 10.1. The third-order valence-electron chi connectivity index (χ3n) is 2.54. The van der Waals surface area contributed by atoms with Gasteiger partial charge in [0, 0.05) is 11.4 Å². The lowest BCUT2D eigenvalue weighted by molar-refractivity contribution is 0.749. The topological polar surface area (TPSA) is 51.8 Å². The number of rotatable bonds is 6. The first kappa shape index (κ1) is 14.5. The highest BCUT2D eigenvalue weighted by Crippen LogP contribution is 2.16. The van der Waals surface area contributed by atoms with Gasteiger partial charge in [-0.1, -0.05) is 13.8 Å². The van der Waals surface area contributed by atoms with Crippen molar-refractivity contribution >= 4 is 11.8 Å². The molecule has 0 fully saturated rings. The van der Waals surface area contributed by atoms with Crippen LogP contribution in [0.25, 0.3) is 0 Å². The van der Waals surface area contributed by atoms with E-state index < -0.39 is 0 Å². The van der Waals surface area contributed by atoms with Crippen LogP contribution in [0.1, 0.15) is 36.6 Å². The fourth-order valence-electron chi connectivity index (χ4n) is 1.77. The van der Waals surface area contributed by atoms with Gasteiger partial charge in [0.1, 0.15) is 5.82 Å². The maximum Gasteiger partial charge on any atom is 0.138 e. The molecule has 1 rings (SSSR count). The van der Waals surface area contributed by atoms with Gasteiger partial charge < -0.3 is 5.73 Å². The Balaban J connectivity index is 2.69. The number of aromatic nitrogens is 2. The predicted molar refractivity (Wildman–Crippen MR) is 75.3 cm³/mol. The zero-order valence-corrected chi connectivity index (χ0v) is 12.1. The van der Waals surface area contributed by atoms with Crippen LogP contribution in [0.3, 0.4) is 0 Å². The maximum absolute atomic E-state index is 5.59. The van der Waals surface area contributed by atoms with Crippen LogP contribution < -0.4 is 5.73 Å². The summed E-state index contributed by atoms with van der Waals surface area (Å²) in [6.07, 6.45) is 0.872.